The first-order chi connectivity index (χ1) is 6.92. The topological polar surface area (TPSA) is 59.4 Å². The van der Waals surface area contributed by atoms with Crippen LogP contribution in [0.5, 0.6) is 0 Å². The fourth-order valence-electron chi connectivity index (χ4n) is 1.21. The Bertz CT molecular complexity index is 338. The minimum Gasteiger partial charge on any atom is -0.465 e. The first-order valence-electron chi connectivity index (χ1n) is 4.68. The van der Waals surface area contributed by atoms with Gasteiger partial charge < -0.3 is 9.84 Å². The van der Waals surface area contributed by atoms with E-state index in [1.807, 2.05) is 0 Å². The van der Waals surface area contributed by atoms with Crippen molar-refractivity contribution in [3.05, 3.63) is 29.6 Å². The first kappa shape index (κ1) is 11.7. The molecule has 0 aliphatic rings. The zero-order valence-corrected chi connectivity index (χ0v) is 9.15. The van der Waals surface area contributed by atoms with E-state index in [4.69, 9.17) is 0 Å². The number of aliphatic hydroxyl groups is 1. The van der Waals surface area contributed by atoms with Gasteiger partial charge in [-0.2, -0.15) is 0 Å². The summed E-state index contributed by atoms with van der Waals surface area (Å²) >= 11 is 0. The molecule has 0 aromatic carbocycles. The fourth-order valence-corrected chi connectivity index (χ4v) is 1.21. The molecule has 15 heavy (non-hydrogen) atoms. The van der Waals surface area contributed by atoms with E-state index >= 15 is 0 Å². The number of esters is 1. The highest BCUT2D eigenvalue weighted by Gasteiger charge is 2.14. The molecule has 1 N–H and O–H groups in total. The maximum Gasteiger partial charge on any atom is 0.339 e. The third-order valence-corrected chi connectivity index (χ3v) is 1.86. The molecule has 0 bridgehead atoms. The van der Waals surface area contributed by atoms with Gasteiger partial charge in [-0.3, -0.25) is 4.98 Å². The Morgan fingerprint density at radius 1 is 1.53 bits per heavy atom. The summed E-state index contributed by atoms with van der Waals surface area (Å²) in [6, 6.07) is 3.35. The quantitative estimate of drug-likeness (QED) is 0.759. The highest BCUT2D eigenvalue weighted by atomic mass is 16.5. The van der Waals surface area contributed by atoms with Crippen molar-refractivity contribution in [1.29, 1.82) is 0 Å². The highest BCUT2D eigenvalue weighted by molar-refractivity contribution is 5.88. The van der Waals surface area contributed by atoms with Gasteiger partial charge in [0, 0.05) is 18.3 Å². The average molecular weight is 209 g/mol. The Hall–Kier alpha value is -1.42. The molecular weight excluding hydrogens is 194 g/mol. The number of nitrogens with zero attached hydrogens (tertiary/aromatic N) is 1. The summed E-state index contributed by atoms with van der Waals surface area (Å²) in [5, 5.41) is 9.56. The van der Waals surface area contributed by atoms with E-state index < -0.39 is 11.6 Å². The molecule has 0 aliphatic heterocycles. The Labute approximate surface area is 88.9 Å². The van der Waals surface area contributed by atoms with E-state index in [1.165, 1.54) is 13.3 Å². The van der Waals surface area contributed by atoms with Crippen LogP contribution in [-0.4, -0.2) is 28.8 Å². The van der Waals surface area contributed by atoms with Crippen LogP contribution in [0.2, 0.25) is 0 Å². The molecule has 4 nitrogen and oxygen atoms in total. The van der Waals surface area contributed by atoms with E-state index in [2.05, 4.69) is 9.72 Å². The maximum absolute atomic E-state index is 11.1. The van der Waals surface area contributed by atoms with Crippen molar-refractivity contribution in [3.63, 3.8) is 0 Å². The second kappa shape index (κ2) is 4.40. The van der Waals surface area contributed by atoms with Crippen molar-refractivity contribution in [2.45, 2.75) is 25.9 Å². The van der Waals surface area contributed by atoms with E-state index in [1.54, 1.807) is 26.0 Å². The predicted octanol–water partition coefficient (Wildman–Crippen LogP) is 1.18. The largest absolute Gasteiger partial charge is 0.465 e. The molecule has 0 aliphatic carbocycles. The molecule has 0 atom stereocenters. The van der Waals surface area contributed by atoms with Gasteiger partial charge in [-0.25, -0.2) is 4.79 Å². The lowest BCUT2D eigenvalue weighted by atomic mass is 10.0. The molecule has 0 amide bonds. The van der Waals surface area contributed by atoms with Crippen molar-refractivity contribution in [3.8, 4) is 0 Å². The smallest absolute Gasteiger partial charge is 0.339 e. The monoisotopic (exact) mass is 209 g/mol. The van der Waals surface area contributed by atoms with Gasteiger partial charge in [0.2, 0.25) is 0 Å². The van der Waals surface area contributed by atoms with Crippen LogP contribution in [0.4, 0.5) is 0 Å². The van der Waals surface area contributed by atoms with Gasteiger partial charge in [0.05, 0.1) is 18.3 Å². The van der Waals surface area contributed by atoms with Crippen LogP contribution in [0.15, 0.2) is 18.3 Å². The van der Waals surface area contributed by atoms with Crippen LogP contribution in [0.3, 0.4) is 0 Å². The molecule has 0 radical (unpaired) electrons. The number of hydrogen-bond acceptors (Lipinski definition) is 4. The van der Waals surface area contributed by atoms with E-state index in [0.29, 0.717) is 12.0 Å². The molecule has 1 heterocycles. The molecule has 1 aromatic heterocycles. The number of hydrogen-bond donors (Lipinski definition) is 1. The molecule has 0 saturated heterocycles. The van der Waals surface area contributed by atoms with E-state index in [0.717, 1.165) is 5.69 Å². The first-order valence-corrected chi connectivity index (χ1v) is 4.68. The van der Waals surface area contributed by atoms with Crippen molar-refractivity contribution in [1.82, 2.24) is 4.98 Å². The molecule has 4 heteroatoms. The van der Waals surface area contributed by atoms with E-state index in [-0.39, 0.29) is 0 Å². The molecule has 82 valence electrons. The van der Waals surface area contributed by atoms with Gasteiger partial charge >= 0.3 is 5.97 Å². The van der Waals surface area contributed by atoms with Crippen molar-refractivity contribution >= 4 is 5.97 Å². The number of rotatable bonds is 3. The zero-order valence-electron chi connectivity index (χ0n) is 9.15. The van der Waals surface area contributed by atoms with Crippen LogP contribution in [0.1, 0.15) is 29.9 Å². The van der Waals surface area contributed by atoms with Crippen LogP contribution in [0.25, 0.3) is 0 Å². The minimum absolute atomic E-state index is 0.405. The van der Waals surface area contributed by atoms with E-state index in [9.17, 15) is 9.90 Å². The van der Waals surface area contributed by atoms with Gasteiger partial charge in [-0.05, 0) is 26.0 Å². The fraction of sp³-hybridized carbons (Fsp3) is 0.455. The number of ether oxygens (including phenoxy) is 1. The molecule has 1 aromatic rings. The summed E-state index contributed by atoms with van der Waals surface area (Å²) in [6.07, 6.45) is 1.90. The van der Waals surface area contributed by atoms with Crippen molar-refractivity contribution in [2.24, 2.45) is 0 Å². The van der Waals surface area contributed by atoms with Gasteiger partial charge in [0.15, 0.2) is 0 Å². The number of carbonyl (C=O) groups excluding carboxylic acids is 1. The SMILES string of the molecule is COC(=O)c1ccc(CC(C)(C)O)nc1. The normalized spacial score (nSPS) is 11.2. The molecular formula is C11H15NO3. The Kier molecular flexibility index (Phi) is 3.42. The minimum atomic E-state index is -0.792. The highest BCUT2D eigenvalue weighted by Crippen LogP contribution is 2.10. The third-order valence-electron chi connectivity index (χ3n) is 1.86. The maximum atomic E-state index is 11.1. The number of methoxy groups -OCH3 is 1. The summed E-state index contributed by atoms with van der Waals surface area (Å²) in [5.74, 6) is -0.405. The lowest BCUT2D eigenvalue weighted by Gasteiger charge is -2.15. The zero-order chi connectivity index (χ0) is 11.5. The predicted molar refractivity (Wildman–Crippen MR) is 55.6 cm³/mol. The Morgan fingerprint density at radius 2 is 2.20 bits per heavy atom. The lowest BCUT2D eigenvalue weighted by Crippen LogP contribution is -2.22. The summed E-state index contributed by atoms with van der Waals surface area (Å²) in [6.45, 7) is 3.42. The van der Waals surface area contributed by atoms with Gasteiger partial charge in [0.25, 0.3) is 0 Å². The van der Waals surface area contributed by atoms with Crippen LogP contribution >= 0.6 is 0 Å². The standard InChI is InChI=1S/C11H15NO3/c1-11(2,14)6-9-5-4-8(7-12-9)10(13)15-3/h4-5,7,14H,6H2,1-3H3. The molecule has 0 unspecified atom stereocenters. The van der Waals surface area contributed by atoms with Gasteiger partial charge in [-0.1, -0.05) is 0 Å². The summed E-state index contributed by atoms with van der Waals surface area (Å²) < 4.78 is 4.55. The Morgan fingerprint density at radius 3 is 2.60 bits per heavy atom. The molecule has 1 rings (SSSR count). The number of carbonyl (C=O) groups is 1. The van der Waals surface area contributed by atoms with Gasteiger partial charge in [-0.15, -0.1) is 0 Å². The summed E-state index contributed by atoms with van der Waals surface area (Å²) in [4.78, 5) is 15.2. The number of aromatic nitrogens is 1. The van der Waals surface area contributed by atoms with Gasteiger partial charge in [0.1, 0.15) is 0 Å². The van der Waals surface area contributed by atoms with Crippen LogP contribution in [0, 0.1) is 0 Å². The lowest BCUT2D eigenvalue weighted by molar-refractivity contribution is 0.0600. The molecule has 0 saturated carbocycles. The van der Waals surface area contributed by atoms with Crippen LogP contribution in [-0.2, 0) is 11.2 Å². The molecule has 0 fully saturated rings. The Balaban J connectivity index is 2.77. The second-order valence-electron chi connectivity index (χ2n) is 4.02. The van der Waals surface area contributed by atoms with Crippen molar-refractivity contribution < 1.29 is 14.6 Å². The van der Waals surface area contributed by atoms with Crippen molar-refractivity contribution in [2.75, 3.05) is 7.11 Å². The second-order valence-corrected chi connectivity index (χ2v) is 4.02. The summed E-state index contributed by atoms with van der Waals surface area (Å²) in [5.41, 5.74) is 0.368. The third kappa shape index (κ3) is 3.67. The van der Waals surface area contributed by atoms with Crippen LogP contribution < -0.4 is 0 Å². The summed E-state index contributed by atoms with van der Waals surface area (Å²) in [7, 11) is 1.33. The number of pyridine rings is 1. The average Bonchev–Trinajstić information content (AvgIpc) is 2.15. The molecule has 0 spiro atoms.